The lowest BCUT2D eigenvalue weighted by molar-refractivity contribution is 0.202. The summed E-state index contributed by atoms with van der Waals surface area (Å²) in [5.74, 6) is 1.48. The van der Waals surface area contributed by atoms with Gasteiger partial charge in [0.1, 0.15) is 11.9 Å². The third kappa shape index (κ3) is 6.08. The first-order valence-electron chi connectivity index (χ1n) is 9.09. The quantitative estimate of drug-likeness (QED) is 0.477. The first-order valence-corrected chi connectivity index (χ1v) is 9.63. The van der Waals surface area contributed by atoms with Gasteiger partial charge >= 0.3 is 0 Å². The Labute approximate surface area is 158 Å². The fraction of sp³-hybridized carbons (Fsp3) is 0.478. The molecule has 0 fully saturated rings. The van der Waals surface area contributed by atoms with Crippen LogP contribution in [0.4, 0.5) is 0 Å². The van der Waals surface area contributed by atoms with Crippen LogP contribution in [0.5, 0.6) is 5.75 Å². The lowest BCUT2D eigenvalue weighted by Gasteiger charge is -2.33. The summed E-state index contributed by atoms with van der Waals surface area (Å²) in [5.41, 5.74) is 2.96. The first kappa shape index (κ1) is 19.8. The maximum atomic E-state index is 6.23. The third-order valence-electron chi connectivity index (χ3n) is 4.43. The summed E-state index contributed by atoms with van der Waals surface area (Å²) in [4.78, 5) is 0. The first-order chi connectivity index (χ1) is 11.7. The lowest BCUT2D eigenvalue weighted by atomic mass is 9.72. The number of ether oxygens (including phenoxy) is 1. The smallest absolute Gasteiger partial charge is 0.125 e. The van der Waals surface area contributed by atoms with Crippen molar-refractivity contribution in [2.45, 2.75) is 59.0 Å². The second-order valence-corrected chi connectivity index (χ2v) is 9.02. The maximum absolute atomic E-state index is 6.23. The summed E-state index contributed by atoms with van der Waals surface area (Å²) < 4.78 is 6.23. The topological polar surface area (TPSA) is 9.23 Å². The van der Waals surface area contributed by atoms with Crippen LogP contribution in [0, 0.1) is 5.41 Å². The van der Waals surface area contributed by atoms with E-state index in [0.29, 0.717) is 11.3 Å². The van der Waals surface area contributed by atoms with Gasteiger partial charge < -0.3 is 4.74 Å². The zero-order valence-corrected chi connectivity index (χ0v) is 16.9. The standard InChI is InChI=1S/C23H31ClO/c1-22(2,3)17-23(4,5)19-11-13-20(14-12-19)25-21(15-16-24)18-9-7-6-8-10-18/h6-14,21H,15-17H2,1-5H3. The molecule has 0 aliphatic heterocycles. The Bertz CT molecular complexity index is 638. The summed E-state index contributed by atoms with van der Waals surface area (Å²) in [7, 11) is 0. The van der Waals surface area contributed by atoms with Gasteiger partial charge in [-0.3, -0.25) is 0 Å². The number of rotatable bonds is 7. The van der Waals surface area contributed by atoms with Crippen LogP contribution in [0.15, 0.2) is 54.6 Å². The molecule has 1 unspecified atom stereocenters. The largest absolute Gasteiger partial charge is 0.486 e. The number of hydrogen-bond acceptors (Lipinski definition) is 1. The summed E-state index contributed by atoms with van der Waals surface area (Å²) in [5, 5.41) is 0. The van der Waals surface area contributed by atoms with Crippen LogP contribution in [0.1, 0.15) is 64.7 Å². The van der Waals surface area contributed by atoms with E-state index in [4.69, 9.17) is 16.3 Å². The highest BCUT2D eigenvalue weighted by atomic mass is 35.5. The van der Waals surface area contributed by atoms with Crippen molar-refractivity contribution in [3.63, 3.8) is 0 Å². The van der Waals surface area contributed by atoms with Gasteiger partial charge in [0.25, 0.3) is 0 Å². The predicted molar refractivity (Wildman–Crippen MR) is 109 cm³/mol. The van der Waals surface area contributed by atoms with E-state index in [1.54, 1.807) is 0 Å². The lowest BCUT2D eigenvalue weighted by Crippen LogP contribution is -2.24. The van der Waals surface area contributed by atoms with Gasteiger partial charge in [0.2, 0.25) is 0 Å². The molecule has 0 saturated heterocycles. The van der Waals surface area contributed by atoms with Crippen molar-refractivity contribution in [1.82, 2.24) is 0 Å². The van der Waals surface area contributed by atoms with Crippen LogP contribution in [-0.2, 0) is 5.41 Å². The van der Waals surface area contributed by atoms with E-state index in [1.807, 2.05) is 18.2 Å². The molecular weight excluding hydrogens is 328 g/mol. The Balaban J connectivity index is 2.13. The van der Waals surface area contributed by atoms with Crippen LogP contribution in [0.25, 0.3) is 0 Å². The summed E-state index contributed by atoms with van der Waals surface area (Å²) >= 11 is 5.98. The Hall–Kier alpha value is -1.47. The van der Waals surface area contributed by atoms with Gasteiger partial charge in [-0.25, -0.2) is 0 Å². The molecule has 0 aromatic heterocycles. The highest BCUT2D eigenvalue weighted by Gasteiger charge is 2.27. The average Bonchev–Trinajstić information content (AvgIpc) is 2.53. The predicted octanol–water partition coefficient (Wildman–Crippen LogP) is 7.15. The van der Waals surface area contributed by atoms with E-state index in [0.717, 1.165) is 18.6 Å². The molecule has 2 aromatic carbocycles. The molecule has 0 radical (unpaired) electrons. The van der Waals surface area contributed by atoms with Gasteiger partial charge in [0, 0.05) is 12.3 Å². The summed E-state index contributed by atoms with van der Waals surface area (Å²) in [6.07, 6.45) is 1.93. The van der Waals surface area contributed by atoms with Crippen molar-refractivity contribution in [2.75, 3.05) is 5.88 Å². The minimum Gasteiger partial charge on any atom is -0.486 e. The van der Waals surface area contributed by atoms with E-state index < -0.39 is 0 Å². The molecule has 1 atom stereocenters. The molecule has 2 heteroatoms. The molecule has 0 N–H and O–H groups in total. The summed E-state index contributed by atoms with van der Waals surface area (Å²) in [6, 6.07) is 18.9. The Morgan fingerprint density at radius 3 is 2.00 bits per heavy atom. The van der Waals surface area contributed by atoms with E-state index in [1.165, 1.54) is 11.1 Å². The molecule has 0 amide bonds. The molecule has 0 heterocycles. The molecular formula is C23H31ClO. The molecule has 1 nitrogen and oxygen atoms in total. The highest BCUT2D eigenvalue weighted by molar-refractivity contribution is 6.17. The zero-order chi connectivity index (χ0) is 18.5. The molecule has 0 aliphatic carbocycles. The van der Waals surface area contributed by atoms with Crippen molar-refractivity contribution in [1.29, 1.82) is 0 Å². The minimum atomic E-state index is -0.00728. The van der Waals surface area contributed by atoms with Crippen LogP contribution in [-0.4, -0.2) is 5.88 Å². The fourth-order valence-corrected chi connectivity index (χ4v) is 3.84. The van der Waals surface area contributed by atoms with Gasteiger partial charge in [-0.15, -0.1) is 11.6 Å². The molecule has 0 spiro atoms. The molecule has 2 aromatic rings. The third-order valence-corrected chi connectivity index (χ3v) is 4.65. The van der Waals surface area contributed by atoms with E-state index in [-0.39, 0.29) is 11.5 Å². The van der Waals surface area contributed by atoms with Gasteiger partial charge in [0.05, 0.1) is 0 Å². The highest BCUT2D eigenvalue weighted by Crippen LogP contribution is 2.37. The molecule has 0 aliphatic rings. The molecule has 0 saturated carbocycles. The number of hydrogen-bond donors (Lipinski definition) is 0. The van der Waals surface area contributed by atoms with Crippen LogP contribution in [0.2, 0.25) is 0 Å². The molecule has 136 valence electrons. The van der Waals surface area contributed by atoms with Gasteiger partial charge in [-0.05, 0) is 40.5 Å². The number of alkyl halides is 1. The fourth-order valence-electron chi connectivity index (χ4n) is 3.64. The second kappa shape index (κ2) is 8.27. The maximum Gasteiger partial charge on any atom is 0.125 e. The number of benzene rings is 2. The summed E-state index contributed by atoms with van der Waals surface area (Å²) in [6.45, 7) is 11.5. The number of halogens is 1. The molecule has 2 rings (SSSR count). The van der Waals surface area contributed by atoms with Crippen molar-refractivity contribution in [2.24, 2.45) is 5.41 Å². The van der Waals surface area contributed by atoms with E-state index in [9.17, 15) is 0 Å². The van der Waals surface area contributed by atoms with E-state index in [2.05, 4.69) is 71.0 Å². The minimum absolute atomic E-state index is 0.00728. The van der Waals surface area contributed by atoms with Crippen LogP contribution in [0.3, 0.4) is 0 Å². The van der Waals surface area contributed by atoms with Crippen LogP contribution >= 0.6 is 11.6 Å². The van der Waals surface area contributed by atoms with Gasteiger partial charge in [-0.1, -0.05) is 77.1 Å². The second-order valence-electron chi connectivity index (χ2n) is 8.64. The monoisotopic (exact) mass is 358 g/mol. The normalized spacial score (nSPS) is 13.5. The van der Waals surface area contributed by atoms with E-state index >= 15 is 0 Å². The molecule has 0 bridgehead atoms. The van der Waals surface area contributed by atoms with Crippen molar-refractivity contribution >= 4 is 11.6 Å². The molecule has 25 heavy (non-hydrogen) atoms. The van der Waals surface area contributed by atoms with Gasteiger partial charge in [0.15, 0.2) is 0 Å². The SMILES string of the molecule is CC(C)(C)CC(C)(C)c1ccc(OC(CCCl)c2ccccc2)cc1. The van der Waals surface area contributed by atoms with Crippen molar-refractivity contribution < 1.29 is 4.74 Å². The Kier molecular flexibility index (Phi) is 6.57. The Morgan fingerprint density at radius 2 is 1.48 bits per heavy atom. The van der Waals surface area contributed by atoms with Crippen molar-refractivity contribution in [3.05, 3.63) is 65.7 Å². The Morgan fingerprint density at radius 1 is 0.880 bits per heavy atom. The average molecular weight is 359 g/mol. The van der Waals surface area contributed by atoms with Crippen molar-refractivity contribution in [3.8, 4) is 5.75 Å². The van der Waals surface area contributed by atoms with Gasteiger partial charge in [-0.2, -0.15) is 0 Å². The van der Waals surface area contributed by atoms with Crippen LogP contribution < -0.4 is 4.74 Å². The zero-order valence-electron chi connectivity index (χ0n) is 16.2.